The zero-order chi connectivity index (χ0) is 21.5. The summed E-state index contributed by atoms with van der Waals surface area (Å²) in [5.74, 6) is 1.11. The van der Waals surface area contributed by atoms with E-state index in [0.29, 0.717) is 29.7 Å². The minimum Gasteiger partial charge on any atom is -0.495 e. The van der Waals surface area contributed by atoms with Crippen LogP contribution >= 0.6 is 11.6 Å². The summed E-state index contributed by atoms with van der Waals surface area (Å²) in [6.07, 6.45) is 1.62. The smallest absolute Gasteiger partial charge is 0.246 e. The van der Waals surface area contributed by atoms with Crippen molar-refractivity contribution in [2.45, 2.75) is 33.1 Å². The summed E-state index contributed by atoms with van der Waals surface area (Å²) < 4.78 is 16.2. The van der Waals surface area contributed by atoms with E-state index < -0.39 is 6.04 Å². The van der Waals surface area contributed by atoms with Gasteiger partial charge in [-0.3, -0.25) is 4.79 Å². The molecule has 6 nitrogen and oxygen atoms in total. The molecular formula is C23H25ClN2O4. The van der Waals surface area contributed by atoms with Crippen molar-refractivity contribution in [1.82, 2.24) is 0 Å². The van der Waals surface area contributed by atoms with Crippen molar-refractivity contribution < 1.29 is 18.7 Å². The van der Waals surface area contributed by atoms with Crippen LogP contribution in [0.25, 0.3) is 0 Å². The second-order valence-corrected chi connectivity index (χ2v) is 7.34. The summed E-state index contributed by atoms with van der Waals surface area (Å²) in [6.45, 7) is 4.52. The number of carbonyl (C=O) groups excluding carboxylic acids is 1. The molecule has 0 spiro atoms. The number of furan rings is 1. The van der Waals surface area contributed by atoms with Gasteiger partial charge in [-0.15, -0.1) is 0 Å². The SMILES string of the molecule is COc1cc(Cl)c(C)cc1NC(=O)C(C)Nc1cccc(COCc2ccco2)c1. The van der Waals surface area contributed by atoms with E-state index in [-0.39, 0.29) is 5.91 Å². The summed E-state index contributed by atoms with van der Waals surface area (Å²) in [4.78, 5) is 12.7. The highest BCUT2D eigenvalue weighted by Gasteiger charge is 2.16. The van der Waals surface area contributed by atoms with Crippen molar-refractivity contribution >= 4 is 28.9 Å². The lowest BCUT2D eigenvalue weighted by Crippen LogP contribution is -2.32. The van der Waals surface area contributed by atoms with Gasteiger partial charge >= 0.3 is 0 Å². The lowest BCUT2D eigenvalue weighted by Gasteiger charge is -2.18. The average Bonchev–Trinajstić information content (AvgIpc) is 3.24. The first-order valence-corrected chi connectivity index (χ1v) is 9.94. The Balaban J connectivity index is 1.58. The molecule has 2 aromatic carbocycles. The van der Waals surface area contributed by atoms with Crippen LogP contribution in [0.2, 0.25) is 5.02 Å². The van der Waals surface area contributed by atoms with Gasteiger partial charge < -0.3 is 24.5 Å². The van der Waals surface area contributed by atoms with Crippen molar-refractivity contribution in [3.05, 3.63) is 76.7 Å². The van der Waals surface area contributed by atoms with E-state index in [1.54, 1.807) is 25.3 Å². The number of aryl methyl sites for hydroxylation is 1. The zero-order valence-electron chi connectivity index (χ0n) is 17.2. The summed E-state index contributed by atoms with van der Waals surface area (Å²) >= 11 is 6.13. The third-order valence-electron chi connectivity index (χ3n) is 4.54. The Morgan fingerprint density at radius 1 is 1.17 bits per heavy atom. The molecule has 0 radical (unpaired) electrons. The molecule has 1 unspecified atom stereocenters. The number of ether oxygens (including phenoxy) is 2. The Bertz CT molecular complexity index is 989. The molecule has 1 heterocycles. The number of rotatable bonds is 9. The number of anilines is 2. The monoisotopic (exact) mass is 428 g/mol. The van der Waals surface area contributed by atoms with Gasteiger partial charge in [0.05, 0.1) is 25.7 Å². The molecule has 0 aliphatic rings. The van der Waals surface area contributed by atoms with E-state index in [4.69, 9.17) is 25.5 Å². The number of amides is 1. The summed E-state index contributed by atoms with van der Waals surface area (Å²) in [6, 6.07) is 14.5. The van der Waals surface area contributed by atoms with Gasteiger partial charge in [0.1, 0.15) is 24.2 Å². The van der Waals surface area contributed by atoms with E-state index in [0.717, 1.165) is 22.6 Å². The fourth-order valence-electron chi connectivity index (χ4n) is 2.90. The predicted octanol–water partition coefficient (Wildman–Crippen LogP) is 5.41. The van der Waals surface area contributed by atoms with Crippen LogP contribution in [0.4, 0.5) is 11.4 Å². The molecule has 0 fully saturated rings. The first-order valence-electron chi connectivity index (χ1n) is 9.57. The van der Waals surface area contributed by atoms with E-state index in [9.17, 15) is 4.79 Å². The van der Waals surface area contributed by atoms with Crippen LogP contribution < -0.4 is 15.4 Å². The summed E-state index contributed by atoms with van der Waals surface area (Å²) in [7, 11) is 1.54. The molecule has 3 aromatic rings. The van der Waals surface area contributed by atoms with Gasteiger partial charge in [0.15, 0.2) is 0 Å². The highest BCUT2D eigenvalue weighted by Crippen LogP contribution is 2.31. The normalized spacial score (nSPS) is 11.7. The Hall–Kier alpha value is -2.96. The van der Waals surface area contributed by atoms with Gasteiger partial charge in [-0.05, 0) is 55.3 Å². The number of halogens is 1. The molecule has 0 saturated carbocycles. The molecular weight excluding hydrogens is 404 g/mol. The van der Waals surface area contributed by atoms with E-state index in [2.05, 4.69) is 10.6 Å². The predicted molar refractivity (Wildman–Crippen MR) is 118 cm³/mol. The van der Waals surface area contributed by atoms with Crippen molar-refractivity contribution in [1.29, 1.82) is 0 Å². The molecule has 0 saturated heterocycles. The van der Waals surface area contributed by atoms with Crippen molar-refractivity contribution in [2.75, 3.05) is 17.7 Å². The third-order valence-corrected chi connectivity index (χ3v) is 4.94. The molecule has 0 aliphatic heterocycles. The molecule has 7 heteroatoms. The van der Waals surface area contributed by atoms with Crippen molar-refractivity contribution in [3.8, 4) is 5.75 Å². The lowest BCUT2D eigenvalue weighted by atomic mass is 10.1. The van der Waals surface area contributed by atoms with Crippen LogP contribution in [0.3, 0.4) is 0 Å². The minimum atomic E-state index is -0.468. The second-order valence-electron chi connectivity index (χ2n) is 6.93. The first kappa shape index (κ1) is 21.7. The molecule has 1 amide bonds. The molecule has 30 heavy (non-hydrogen) atoms. The molecule has 0 bridgehead atoms. The molecule has 2 N–H and O–H groups in total. The van der Waals surface area contributed by atoms with Crippen LogP contribution in [0.5, 0.6) is 5.75 Å². The highest BCUT2D eigenvalue weighted by molar-refractivity contribution is 6.31. The summed E-state index contributed by atoms with van der Waals surface area (Å²) in [5.41, 5.74) is 3.26. The van der Waals surface area contributed by atoms with Crippen LogP contribution in [0.1, 0.15) is 23.8 Å². The van der Waals surface area contributed by atoms with E-state index >= 15 is 0 Å². The fourth-order valence-corrected chi connectivity index (χ4v) is 3.06. The Morgan fingerprint density at radius 3 is 2.73 bits per heavy atom. The van der Waals surface area contributed by atoms with Gasteiger partial charge in [0.25, 0.3) is 0 Å². The molecule has 158 valence electrons. The maximum Gasteiger partial charge on any atom is 0.246 e. The Labute approximate surface area is 181 Å². The van der Waals surface area contributed by atoms with Crippen LogP contribution in [0, 0.1) is 6.92 Å². The topological polar surface area (TPSA) is 72.7 Å². The third kappa shape index (κ3) is 5.78. The largest absolute Gasteiger partial charge is 0.495 e. The van der Waals surface area contributed by atoms with Gasteiger partial charge in [-0.1, -0.05) is 23.7 Å². The quantitative estimate of drug-likeness (QED) is 0.477. The standard InChI is InChI=1S/C23H25ClN2O4/c1-15-10-21(22(28-3)12-20(15)24)26-23(27)16(2)25-18-7-4-6-17(11-18)13-29-14-19-8-5-9-30-19/h4-12,16,25H,13-14H2,1-3H3,(H,26,27). The zero-order valence-corrected chi connectivity index (χ0v) is 18.0. The Kier molecular flexibility index (Phi) is 7.38. The average molecular weight is 429 g/mol. The molecule has 1 atom stereocenters. The number of nitrogens with one attached hydrogen (secondary N) is 2. The van der Waals surface area contributed by atoms with Crippen molar-refractivity contribution in [2.24, 2.45) is 0 Å². The fraction of sp³-hybridized carbons (Fsp3) is 0.261. The molecule has 3 rings (SSSR count). The van der Waals surface area contributed by atoms with Crippen molar-refractivity contribution in [3.63, 3.8) is 0 Å². The maximum atomic E-state index is 12.7. The van der Waals surface area contributed by atoms with Gasteiger partial charge in [-0.25, -0.2) is 0 Å². The van der Waals surface area contributed by atoms with E-state index in [1.165, 1.54) is 7.11 Å². The maximum absolute atomic E-state index is 12.7. The Morgan fingerprint density at radius 2 is 2.00 bits per heavy atom. The number of benzene rings is 2. The van der Waals surface area contributed by atoms with E-state index in [1.807, 2.05) is 43.3 Å². The highest BCUT2D eigenvalue weighted by atomic mass is 35.5. The molecule has 1 aromatic heterocycles. The number of methoxy groups -OCH3 is 1. The number of hydrogen-bond donors (Lipinski definition) is 2. The van der Waals surface area contributed by atoms with Gasteiger partial charge in [0, 0.05) is 16.8 Å². The second kappa shape index (κ2) is 10.2. The summed E-state index contributed by atoms with van der Waals surface area (Å²) in [5, 5.41) is 6.70. The van der Waals surface area contributed by atoms with Crippen LogP contribution in [-0.2, 0) is 22.7 Å². The lowest BCUT2D eigenvalue weighted by molar-refractivity contribution is -0.116. The molecule has 0 aliphatic carbocycles. The van der Waals surface area contributed by atoms with Crippen LogP contribution in [0.15, 0.2) is 59.2 Å². The number of hydrogen-bond acceptors (Lipinski definition) is 5. The first-order chi connectivity index (χ1) is 14.5. The number of carbonyl (C=O) groups is 1. The van der Waals surface area contributed by atoms with Gasteiger partial charge in [0.2, 0.25) is 5.91 Å². The van der Waals surface area contributed by atoms with Gasteiger partial charge in [-0.2, -0.15) is 0 Å². The minimum absolute atomic E-state index is 0.186. The van der Waals surface area contributed by atoms with Crippen LogP contribution in [-0.4, -0.2) is 19.1 Å².